The highest BCUT2D eigenvalue weighted by Crippen LogP contribution is 2.19. The minimum Gasteiger partial charge on any atom is -0.384 e. The van der Waals surface area contributed by atoms with Gasteiger partial charge in [-0.1, -0.05) is 30.3 Å². The summed E-state index contributed by atoms with van der Waals surface area (Å²) in [4.78, 5) is 10.0. The van der Waals surface area contributed by atoms with E-state index >= 15 is 0 Å². The number of guanidine groups is 1. The number of methoxy groups -OCH3 is 1. The molecule has 3 rings (SSSR count). The van der Waals surface area contributed by atoms with Gasteiger partial charge in [-0.3, -0.25) is 4.99 Å². The van der Waals surface area contributed by atoms with Crippen LogP contribution in [0.2, 0.25) is 0 Å². The SMILES string of the molecule is CCNC(=NCC1CCN(CCc2ccccc2)C1)N1CCC(COC)C1. The molecule has 27 heavy (non-hydrogen) atoms. The van der Waals surface area contributed by atoms with Gasteiger partial charge >= 0.3 is 0 Å². The van der Waals surface area contributed by atoms with Crippen molar-refractivity contribution in [3.8, 4) is 0 Å². The molecule has 5 nitrogen and oxygen atoms in total. The summed E-state index contributed by atoms with van der Waals surface area (Å²) in [6.45, 7) is 10.6. The summed E-state index contributed by atoms with van der Waals surface area (Å²) in [7, 11) is 1.80. The molecule has 2 fully saturated rings. The number of aliphatic imine (C=N–C) groups is 1. The molecule has 0 spiro atoms. The third-order valence-corrected chi connectivity index (χ3v) is 5.75. The quantitative estimate of drug-likeness (QED) is 0.562. The van der Waals surface area contributed by atoms with Crippen LogP contribution in [0.1, 0.15) is 25.3 Å². The van der Waals surface area contributed by atoms with Crippen LogP contribution in [0, 0.1) is 11.8 Å². The smallest absolute Gasteiger partial charge is 0.193 e. The van der Waals surface area contributed by atoms with Crippen molar-refractivity contribution < 1.29 is 4.74 Å². The molecule has 0 aliphatic carbocycles. The standard InChI is InChI=1S/C22H36N4O/c1-3-23-22(26-14-11-21(17-26)18-27-2)24-15-20-10-13-25(16-20)12-9-19-7-5-4-6-8-19/h4-8,20-21H,3,9-18H2,1-2H3,(H,23,24). The third kappa shape index (κ3) is 6.22. The second-order valence-corrected chi connectivity index (χ2v) is 7.94. The summed E-state index contributed by atoms with van der Waals surface area (Å²) in [6, 6.07) is 10.8. The van der Waals surface area contributed by atoms with Crippen LogP contribution in [0.15, 0.2) is 35.3 Å². The zero-order valence-electron chi connectivity index (χ0n) is 17.1. The molecule has 2 aliphatic rings. The van der Waals surface area contributed by atoms with Crippen LogP contribution in [-0.2, 0) is 11.2 Å². The van der Waals surface area contributed by atoms with E-state index in [1.807, 2.05) is 0 Å². The number of ether oxygens (including phenoxy) is 1. The van der Waals surface area contributed by atoms with E-state index in [-0.39, 0.29) is 0 Å². The Labute approximate surface area is 164 Å². The minimum atomic E-state index is 0.638. The lowest BCUT2D eigenvalue weighted by Gasteiger charge is -2.22. The van der Waals surface area contributed by atoms with Crippen molar-refractivity contribution in [3.05, 3.63) is 35.9 Å². The number of hydrogen-bond donors (Lipinski definition) is 1. The van der Waals surface area contributed by atoms with Crippen molar-refractivity contribution in [3.63, 3.8) is 0 Å². The van der Waals surface area contributed by atoms with Crippen molar-refractivity contribution in [2.45, 2.75) is 26.2 Å². The highest BCUT2D eigenvalue weighted by atomic mass is 16.5. The van der Waals surface area contributed by atoms with Gasteiger partial charge < -0.3 is 19.9 Å². The monoisotopic (exact) mass is 372 g/mol. The van der Waals surface area contributed by atoms with Crippen molar-refractivity contribution in [1.82, 2.24) is 15.1 Å². The molecule has 150 valence electrons. The minimum absolute atomic E-state index is 0.638. The fourth-order valence-corrected chi connectivity index (χ4v) is 4.24. The summed E-state index contributed by atoms with van der Waals surface area (Å²) in [5.41, 5.74) is 1.44. The fraction of sp³-hybridized carbons (Fsp3) is 0.682. The van der Waals surface area contributed by atoms with E-state index in [4.69, 9.17) is 9.73 Å². The number of likely N-dealkylation sites (tertiary alicyclic amines) is 2. The maximum atomic E-state index is 5.33. The Hall–Kier alpha value is -1.59. The largest absolute Gasteiger partial charge is 0.384 e. The van der Waals surface area contributed by atoms with E-state index in [2.05, 4.69) is 52.4 Å². The Morgan fingerprint density at radius 2 is 1.96 bits per heavy atom. The second kappa shape index (κ2) is 10.7. The van der Waals surface area contributed by atoms with Crippen LogP contribution in [0.25, 0.3) is 0 Å². The first-order valence-corrected chi connectivity index (χ1v) is 10.6. The lowest BCUT2D eigenvalue weighted by molar-refractivity contribution is 0.157. The molecule has 0 amide bonds. The summed E-state index contributed by atoms with van der Waals surface area (Å²) in [6.07, 6.45) is 3.62. The molecule has 2 heterocycles. The molecule has 1 N–H and O–H groups in total. The molecule has 2 aliphatic heterocycles. The van der Waals surface area contributed by atoms with Crippen LogP contribution >= 0.6 is 0 Å². The molecule has 0 bridgehead atoms. The van der Waals surface area contributed by atoms with E-state index in [1.165, 1.54) is 31.5 Å². The van der Waals surface area contributed by atoms with Crippen LogP contribution in [0.4, 0.5) is 0 Å². The number of nitrogens with zero attached hydrogens (tertiary/aromatic N) is 3. The van der Waals surface area contributed by atoms with Gasteiger partial charge in [0, 0.05) is 52.3 Å². The Balaban J connectivity index is 1.44. The number of benzene rings is 1. The Morgan fingerprint density at radius 3 is 2.74 bits per heavy atom. The Kier molecular flexibility index (Phi) is 7.96. The Bertz CT molecular complexity index is 577. The normalized spacial score (nSPS) is 23.9. The van der Waals surface area contributed by atoms with Gasteiger partial charge in [0.05, 0.1) is 6.61 Å². The van der Waals surface area contributed by atoms with Crippen molar-refractivity contribution in [2.24, 2.45) is 16.8 Å². The number of hydrogen-bond acceptors (Lipinski definition) is 3. The first kappa shape index (κ1) is 20.2. The molecular weight excluding hydrogens is 336 g/mol. The van der Waals surface area contributed by atoms with Crippen molar-refractivity contribution >= 4 is 5.96 Å². The van der Waals surface area contributed by atoms with Crippen LogP contribution in [0.5, 0.6) is 0 Å². The van der Waals surface area contributed by atoms with Gasteiger partial charge in [-0.25, -0.2) is 0 Å². The molecule has 5 heteroatoms. The summed E-state index contributed by atoms with van der Waals surface area (Å²) in [5.74, 6) is 2.42. The first-order chi connectivity index (χ1) is 13.3. The van der Waals surface area contributed by atoms with Crippen LogP contribution < -0.4 is 5.32 Å². The molecule has 2 atom stereocenters. The summed E-state index contributed by atoms with van der Waals surface area (Å²) in [5, 5.41) is 3.49. The Morgan fingerprint density at radius 1 is 1.15 bits per heavy atom. The third-order valence-electron chi connectivity index (χ3n) is 5.75. The lowest BCUT2D eigenvalue weighted by atomic mass is 10.1. The van der Waals surface area contributed by atoms with Gasteiger partial charge in [0.15, 0.2) is 5.96 Å². The van der Waals surface area contributed by atoms with Gasteiger partial charge in [-0.2, -0.15) is 0 Å². The van der Waals surface area contributed by atoms with E-state index in [1.54, 1.807) is 7.11 Å². The maximum Gasteiger partial charge on any atom is 0.193 e. The molecule has 1 aromatic rings. The number of nitrogens with one attached hydrogen (secondary N) is 1. The highest BCUT2D eigenvalue weighted by Gasteiger charge is 2.26. The molecule has 0 saturated carbocycles. The van der Waals surface area contributed by atoms with E-state index in [0.717, 1.165) is 51.7 Å². The lowest BCUT2D eigenvalue weighted by Crippen LogP contribution is -2.40. The fourth-order valence-electron chi connectivity index (χ4n) is 4.24. The van der Waals surface area contributed by atoms with Gasteiger partial charge in [-0.15, -0.1) is 0 Å². The zero-order valence-corrected chi connectivity index (χ0v) is 17.1. The van der Waals surface area contributed by atoms with Gasteiger partial charge in [-0.05, 0) is 44.2 Å². The predicted molar refractivity (Wildman–Crippen MR) is 112 cm³/mol. The molecule has 2 saturated heterocycles. The van der Waals surface area contributed by atoms with Gasteiger partial charge in [0.25, 0.3) is 0 Å². The summed E-state index contributed by atoms with van der Waals surface area (Å²) < 4.78 is 5.33. The van der Waals surface area contributed by atoms with E-state index in [9.17, 15) is 0 Å². The van der Waals surface area contributed by atoms with Crippen LogP contribution in [0.3, 0.4) is 0 Å². The molecule has 2 unspecified atom stereocenters. The zero-order chi connectivity index (χ0) is 18.9. The first-order valence-electron chi connectivity index (χ1n) is 10.6. The van der Waals surface area contributed by atoms with Crippen molar-refractivity contribution in [2.75, 3.05) is 59.5 Å². The molecule has 0 aromatic heterocycles. The average Bonchev–Trinajstić information content (AvgIpc) is 3.34. The topological polar surface area (TPSA) is 40.1 Å². The average molecular weight is 373 g/mol. The second-order valence-electron chi connectivity index (χ2n) is 7.94. The van der Waals surface area contributed by atoms with Crippen molar-refractivity contribution in [1.29, 1.82) is 0 Å². The molecule has 1 aromatic carbocycles. The predicted octanol–water partition coefficient (Wildman–Crippen LogP) is 2.48. The van der Waals surface area contributed by atoms with E-state index < -0.39 is 0 Å². The molecule has 0 radical (unpaired) electrons. The van der Waals surface area contributed by atoms with E-state index in [0.29, 0.717) is 11.8 Å². The van der Waals surface area contributed by atoms with Gasteiger partial charge in [0.2, 0.25) is 0 Å². The number of rotatable bonds is 8. The maximum absolute atomic E-state index is 5.33. The molecular formula is C22H36N4O. The van der Waals surface area contributed by atoms with Crippen LogP contribution in [-0.4, -0.2) is 75.3 Å². The highest BCUT2D eigenvalue weighted by molar-refractivity contribution is 5.80. The summed E-state index contributed by atoms with van der Waals surface area (Å²) >= 11 is 0. The van der Waals surface area contributed by atoms with Gasteiger partial charge in [0.1, 0.15) is 0 Å².